The van der Waals surface area contributed by atoms with Gasteiger partial charge in [-0.05, 0) is 24.8 Å². The van der Waals surface area contributed by atoms with Gasteiger partial charge in [-0.3, -0.25) is 4.79 Å². The highest BCUT2D eigenvalue weighted by Gasteiger charge is 2.47. The molecule has 0 aliphatic carbocycles. The number of nitrogens with zero attached hydrogens (tertiary/aromatic N) is 1. The minimum Gasteiger partial charge on any atom is -0.468 e. The summed E-state index contributed by atoms with van der Waals surface area (Å²) in [4.78, 5) is 13.7. The first-order valence-electron chi connectivity index (χ1n) is 4.86. The van der Waals surface area contributed by atoms with Crippen molar-refractivity contribution in [2.75, 3.05) is 6.54 Å². The van der Waals surface area contributed by atoms with Crippen molar-refractivity contribution in [3.05, 3.63) is 49.6 Å². The Labute approximate surface area is 88.7 Å². The molecule has 0 bridgehead atoms. The smallest absolute Gasteiger partial charge is 0.244 e. The molecule has 1 aromatic heterocycles. The predicted molar refractivity (Wildman–Crippen MR) is 57.1 cm³/mol. The van der Waals surface area contributed by atoms with Crippen LogP contribution in [-0.4, -0.2) is 17.4 Å². The lowest BCUT2D eigenvalue weighted by Crippen LogP contribution is -2.33. The Hall–Kier alpha value is -1.77. The maximum absolute atomic E-state index is 12.1. The van der Waals surface area contributed by atoms with Crippen molar-refractivity contribution in [1.82, 2.24) is 4.90 Å². The maximum atomic E-state index is 12.1. The van der Waals surface area contributed by atoms with Crippen molar-refractivity contribution in [2.24, 2.45) is 0 Å². The Kier molecular flexibility index (Phi) is 2.23. The van der Waals surface area contributed by atoms with Crippen LogP contribution >= 0.6 is 0 Å². The van der Waals surface area contributed by atoms with E-state index in [4.69, 9.17) is 4.42 Å². The molecule has 1 aliphatic heterocycles. The molecule has 2 heterocycles. The standard InChI is InChI=1S/C12H13NO2/c1-3-12(10-6-5-9-15-10)7-8-13(4-2)11(12)14/h3-6,9H,1-2,7-8H2. The van der Waals surface area contributed by atoms with Gasteiger partial charge in [0.2, 0.25) is 5.91 Å². The van der Waals surface area contributed by atoms with Gasteiger partial charge in [0.25, 0.3) is 0 Å². The summed E-state index contributed by atoms with van der Waals surface area (Å²) < 4.78 is 5.32. The van der Waals surface area contributed by atoms with Crippen molar-refractivity contribution in [2.45, 2.75) is 11.8 Å². The quantitative estimate of drug-likeness (QED) is 0.705. The lowest BCUT2D eigenvalue weighted by atomic mass is 9.84. The van der Waals surface area contributed by atoms with Gasteiger partial charge in [-0.25, -0.2) is 0 Å². The second kappa shape index (κ2) is 3.42. The molecule has 0 spiro atoms. The third kappa shape index (κ3) is 1.23. The summed E-state index contributed by atoms with van der Waals surface area (Å²) >= 11 is 0. The van der Waals surface area contributed by atoms with E-state index >= 15 is 0 Å². The van der Waals surface area contributed by atoms with Gasteiger partial charge < -0.3 is 9.32 Å². The van der Waals surface area contributed by atoms with Crippen LogP contribution in [0.4, 0.5) is 0 Å². The normalized spacial score (nSPS) is 25.6. The third-order valence-corrected chi connectivity index (χ3v) is 2.92. The van der Waals surface area contributed by atoms with E-state index in [9.17, 15) is 4.79 Å². The van der Waals surface area contributed by atoms with Gasteiger partial charge in [-0.2, -0.15) is 0 Å². The number of carbonyl (C=O) groups excluding carboxylic acids is 1. The average molecular weight is 203 g/mol. The molecule has 1 saturated heterocycles. The lowest BCUT2D eigenvalue weighted by Gasteiger charge is -2.20. The Morgan fingerprint density at radius 3 is 2.80 bits per heavy atom. The molecule has 1 aromatic rings. The van der Waals surface area contributed by atoms with Crippen LogP contribution in [-0.2, 0) is 10.2 Å². The van der Waals surface area contributed by atoms with Gasteiger partial charge in [0.05, 0.1) is 6.26 Å². The average Bonchev–Trinajstić information content (AvgIpc) is 2.86. The van der Waals surface area contributed by atoms with Gasteiger partial charge in [0, 0.05) is 6.54 Å². The molecule has 2 rings (SSSR count). The Morgan fingerprint density at radius 1 is 1.53 bits per heavy atom. The van der Waals surface area contributed by atoms with Crippen molar-refractivity contribution < 1.29 is 9.21 Å². The fourth-order valence-electron chi connectivity index (χ4n) is 1.99. The van der Waals surface area contributed by atoms with Crippen LogP contribution in [0.3, 0.4) is 0 Å². The molecule has 78 valence electrons. The molecular formula is C12H13NO2. The summed E-state index contributed by atoms with van der Waals surface area (Å²) in [5, 5.41) is 0. The van der Waals surface area contributed by atoms with Crippen molar-refractivity contribution in [3.8, 4) is 0 Å². The minimum atomic E-state index is -0.697. The zero-order chi connectivity index (χ0) is 10.9. The van der Waals surface area contributed by atoms with E-state index in [0.29, 0.717) is 18.7 Å². The molecule has 15 heavy (non-hydrogen) atoms. The lowest BCUT2D eigenvalue weighted by molar-refractivity contribution is -0.129. The summed E-state index contributed by atoms with van der Waals surface area (Å²) in [5.41, 5.74) is -0.697. The third-order valence-electron chi connectivity index (χ3n) is 2.92. The Morgan fingerprint density at radius 2 is 2.33 bits per heavy atom. The van der Waals surface area contributed by atoms with Gasteiger partial charge in [0.1, 0.15) is 11.2 Å². The van der Waals surface area contributed by atoms with E-state index in [-0.39, 0.29) is 5.91 Å². The van der Waals surface area contributed by atoms with Crippen LogP contribution in [0.5, 0.6) is 0 Å². The second-order valence-corrected chi connectivity index (χ2v) is 3.58. The minimum absolute atomic E-state index is 0.0116. The monoisotopic (exact) mass is 203 g/mol. The van der Waals surface area contributed by atoms with Crippen molar-refractivity contribution in [3.63, 3.8) is 0 Å². The molecular weight excluding hydrogens is 190 g/mol. The van der Waals surface area contributed by atoms with E-state index in [0.717, 1.165) is 0 Å². The van der Waals surface area contributed by atoms with Crippen molar-refractivity contribution >= 4 is 5.91 Å². The summed E-state index contributed by atoms with van der Waals surface area (Å²) in [6.07, 6.45) is 5.48. The van der Waals surface area contributed by atoms with Gasteiger partial charge >= 0.3 is 0 Å². The highest BCUT2D eigenvalue weighted by atomic mass is 16.3. The molecule has 3 nitrogen and oxygen atoms in total. The molecule has 3 heteroatoms. The first kappa shape index (κ1) is 9.77. The van der Waals surface area contributed by atoms with Crippen LogP contribution in [0, 0.1) is 0 Å². The second-order valence-electron chi connectivity index (χ2n) is 3.58. The van der Waals surface area contributed by atoms with Gasteiger partial charge in [0.15, 0.2) is 0 Å². The number of rotatable bonds is 3. The Balaban J connectivity index is 2.44. The van der Waals surface area contributed by atoms with E-state index in [1.54, 1.807) is 29.5 Å². The summed E-state index contributed by atoms with van der Waals surface area (Å²) in [6.45, 7) is 8.02. The van der Waals surface area contributed by atoms with E-state index in [1.807, 2.05) is 6.07 Å². The van der Waals surface area contributed by atoms with Crippen LogP contribution in [0.2, 0.25) is 0 Å². The molecule has 1 unspecified atom stereocenters. The van der Waals surface area contributed by atoms with Gasteiger partial charge in [-0.1, -0.05) is 12.7 Å². The number of likely N-dealkylation sites (tertiary alicyclic amines) is 1. The molecule has 1 atom stereocenters. The maximum Gasteiger partial charge on any atom is 0.244 e. The summed E-state index contributed by atoms with van der Waals surface area (Å²) in [7, 11) is 0. The molecule has 0 saturated carbocycles. The predicted octanol–water partition coefficient (Wildman–Crippen LogP) is 2.08. The van der Waals surface area contributed by atoms with E-state index in [1.165, 1.54) is 0 Å². The van der Waals surface area contributed by atoms with Crippen molar-refractivity contribution in [1.29, 1.82) is 0 Å². The summed E-state index contributed by atoms with van der Waals surface area (Å²) in [6, 6.07) is 3.59. The largest absolute Gasteiger partial charge is 0.468 e. The number of amides is 1. The zero-order valence-electron chi connectivity index (χ0n) is 8.48. The molecule has 1 aliphatic rings. The van der Waals surface area contributed by atoms with Crippen LogP contribution in [0.15, 0.2) is 48.2 Å². The van der Waals surface area contributed by atoms with Gasteiger partial charge in [-0.15, -0.1) is 6.58 Å². The van der Waals surface area contributed by atoms with E-state index in [2.05, 4.69) is 13.2 Å². The topological polar surface area (TPSA) is 33.5 Å². The fourth-order valence-corrected chi connectivity index (χ4v) is 1.99. The van der Waals surface area contributed by atoms with Crippen LogP contribution in [0.1, 0.15) is 12.2 Å². The molecule has 1 fully saturated rings. The van der Waals surface area contributed by atoms with Crippen LogP contribution < -0.4 is 0 Å². The fraction of sp³-hybridized carbons (Fsp3) is 0.250. The number of carbonyl (C=O) groups is 1. The number of hydrogen-bond acceptors (Lipinski definition) is 2. The SMILES string of the molecule is C=CN1CCC(C=C)(c2ccco2)C1=O. The Bertz CT molecular complexity index is 394. The zero-order valence-corrected chi connectivity index (χ0v) is 8.48. The highest BCUT2D eigenvalue weighted by molar-refractivity contribution is 5.92. The highest BCUT2D eigenvalue weighted by Crippen LogP contribution is 2.37. The first-order valence-corrected chi connectivity index (χ1v) is 4.86. The summed E-state index contributed by atoms with van der Waals surface area (Å²) in [5.74, 6) is 0.648. The molecule has 0 aromatic carbocycles. The van der Waals surface area contributed by atoms with Crippen LogP contribution in [0.25, 0.3) is 0 Å². The van der Waals surface area contributed by atoms with E-state index < -0.39 is 5.41 Å². The first-order chi connectivity index (χ1) is 7.24. The molecule has 1 amide bonds. The molecule has 0 N–H and O–H groups in total. The molecule has 0 radical (unpaired) electrons. The number of hydrogen-bond donors (Lipinski definition) is 0. The number of furan rings is 1.